The highest BCUT2D eigenvalue weighted by atomic mass is 32.1. The van der Waals surface area contributed by atoms with Gasteiger partial charge in [0.25, 0.3) is 0 Å². The molecule has 0 aliphatic heterocycles. The van der Waals surface area contributed by atoms with Crippen LogP contribution in [0.25, 0.3) is 0 Å². The molecule has 0 radical (unpaired) electrons. The van der Waals surface area contributed by atoms with Crippen LogP contribution in [0.5, 0.6) is 0 Å². The number of rotatable bonds is 6. The summed E-state index contributed by atoms with van der Waals surface area (Å²) >= 11 is 1.45. The van der Waals surface area contributed by atoms with Crippen LogP contribution in [0.2, 0.25) is 0 Å². The van der Waals surface area contributed by atoms with Gasteiger partial charge in [-0.2, -0.15) is 0 Å². The zero-order valence-corrected chi connectivity index (χ0v) is 11.3. The van der Waals surface area contributed by atoms with E-state index in [1.807, 2.05) is 17.5 Å². The zero-order chi connectivity index (χ0) is 14.5. The molecule has 1 unspecified atom stereocenters. The van der Waals surface area contributed by atoms with E-state index in [0.717, 1.165) is 17.0 Å². The van der Waals surface area contributed by atoms with E-state index in [4.69, 9.17) is 5.11 Å². The van der Waals surface area contributed by atoms with E-state index in [0.29, 0.717) is 5.56 Å². The van der Waals surface area contributed by atoms with Crippen LogP contribution in [0.1, 0.15) is 22.9 Å². The van der Waals surface area contributed by atoms with E-state index in [-0.39, 0.29) is 19.0 Å². The summed E-state index contributed by atoms with van der Waals surface area (Å²) in [4.78, 5) is 11.8. The van der Waals surface area contributed by atoms with Crippen molar-refractivity contribution >= 4 is 17.3 Å². The SMILES string of the molecule is O=C(O)CC(NCc1ccc(F)c(F)c1)c1cccs1. The molecule has 2 rings (SSSR count). The van der Waals surface area contributed by atoms with Crippen LogP contribution in [0.4, 0.5) is 8.78 Å². The molecule has 1 aromatic heterocycles. The topological polar surface area (TPSA) is 49.3 Å². The molecule has 1 atom stereocenters. The fourth-order valence-corrected chi connectivity index (χ4v) is 2.63. The predicted octanol–water partition coefficient (Wildman–Crippen LogP) is 3.33. The van der Waals surface area contributed by atoms with Gasteiger partial charge in [-0.25, -0.2) is 8.78 Å². The number of carboxylic acids is 1. The predicted molar refractivity (Wildman–Crippen MR) is 72.5 cm³/mol. The second-order valence-electron chi connectivity index (χ2n) is 4.30. The Morgan fingerprint density at radius 1 is 1.30 bits per heavy atom. The van der Waals surface area contributed by atoms with E-state index in [1.54, 1.807) is 0 Å². The van der Waals surface area contributed by atoms with Gasteiger partial charge < -0.3 is 10.4 Å². The molecular formula is C14H13F2NO2S. The average molecular weight is 297 g/mol. The molecule has 6 heteroatoms. The van der Waals surface area contributed by atoms with Crippen LogP contribution in [0.3, 0.4) is 0 Å². The first-order valence-electron chi connectivity index (χ1n) is 5.99. The lowest BCUT2D eigenvalue weighted by Crippen LogP contribution is -2.22. The quantitative estimate of drug-likeness (QED) is 0.860. The van der Waals surface area contributed by atoms with E-state index >= 15 is 0 Å². The summed E-state index contributed by atoms with van der Waals surface area (Å²) in [6.07, 6.45) is -0.0653. The fraction of sp³-hybridized carbons (Fsp3) is 0.214. The standard InChI is InChI=1S/C14H13F2NO2S/c15-10-4-3-9(6-11(10)16)8-17-12(7-14(18)19)13-2-1-5-20-13/h1-6,12,17H,7-8H2,(H,18,19). The van der Waals surface area contributed by atoms with E-state index in [2.05, 4.69) is 5.32 Å². The van der Waals surface area contributed by atoms with E-state index in [1.165, 1.54) is 17.4 Å². The first kappa shape index (κ1) is 14.6. The van der Waals surface area contributed by atoms with Crippen LogP contribution in [0, 0.1) is 11.6 Å². The Bertz CT molecular complexity index is 587. The minimum absolute atomic E-state index is 0.0653. The monoisotopic (exact) mass is 297 g/mol. The molecule has 0 aliphatic carbocycles. The summed E-state index contributed by atoms with van der Waals surface area (Å²) in [6.45, 7) is 0.271. The molecule has 2 N–H and O–H groups in total. The second-order valence-corrected chi connectivity index (χ2v) is 5.27. The minimum atomic E-state index is -0.916. The molecule has 0 saturated carbocycles. The molecule has 0 amide bonds. The number of benzene rings is 1. The Labute approximate surface area is 118 Å². The maximum atomic E-state index is 13.1. The van der Waals surface area contributed by atoms with Gasteiger partial charge in [-0.1, -0.05) is 12.1 Å². The van der Waals surface area contributed by atoms with Crippen LogP contribution in [0.15, 0.2) is 35.7 Å². The molecule has 2 aromatic rings. The number of halogens is 2. The van der Waals surface area contributed by atoms with Crippen molar-refractivity contribution in [3.05, 3.63) is 57.8 Å². The van der Waals surface area contributed by atoms with E-state index < -0.39 is 17.6 Å². The smallest absolute Gasteiger partial charge is 0.305 e. The molecule has 0 saturated heterocycles. The van der Waals surface area contributed by atoms with E-state index in [9.17, 15) is 13.6 Å². The molecular weight excluding hydrogens is 284 g/mol. The summed E-state index contributed by atoms with van der Waals surface area (Å²) in [6, 6.07) is 6.97. The molecule has 0 spiro atoms. The Morgan fingerprint density at radius 2 is 2.10 bits per heavy atom. The van der Waals surface area contributed by atoms with Gasteiger partial charge in [0.1, 0.15) is 0 Å². The number of hydrogen-bond donors (Lipinski definition) is 2. The number of aliphatic carboxylic acids is 1. The highest BCUT2D eigenvalue weighted by Crippen LogP contribution is 2.22. The Kier molecular flexibility index (Phi) is 4.81. The van der Waals surface area contributed by atoms with Gasteiger partial charge >= 0.3 is 5.97 Å². The molecule has 20 heavy (non-hydrogen) atoms. The zero-order valence-electron chi connectivity index (χ0n) is 10.5. The minimum Gasteiger partial charge on any atom is -0.481 e. The van der Waals surface area contributed by atoms with Gasteiger partial charge in [0.2, 0.25) is 0 Å². The van der Waals surface area contributed by atoms with Crippen molar-refractivity contribution in [3.63, 3.8) is 0 Å². The summed E-state index contributed by atoms with van der Waals surface area (Å²) < 4.78 is 25.9. The van der Waals surface area contributed by atoms with Gasteiger partial charge in [-0.3, -0.25) is 4.79 Å². The van der Waals surface area contributed by atoms with Crippen molar-refractivity contribution in [1.82, 2.24) is 5.32 Å². The van der Waals surface area contributed by atoms with Crippen molar-refractivity contribution < 1.29 is 18.7 Å². The van der Waals surface area contributed by atoms with Crippen LogP contribution < -0.4 is 5.32 Å². The summed E-state index contributed by atoms with van der Waals surface area (Å²) in [7, 11) is 0. The van der Waals surface area contributed by atoms with Crippen molar-refractivity contribution in [2.75, 3.05) is 0 Å². The normalized spacial score (nSPS) is 12.3. The summed E-state index contributed by atoms with van der Waals surface area (Å²) in [5, 5.41) is 13.8. The summed E-state index contributed by atoms with van der Waals surface area (Å²) in [5.74, 6) is -2.72. The third-order valence-electron chi connectivity index (χ3n) is 2.80. The molecule has 106 valence electrons. The molecule has 0 aliphatic rings. The number of carbonyl (C=O) groups is 1. The first-order valence-corrected chi connectivity index (χ1v) is 6.86. The fourth-order valence-electron chi connectivity index (χ4n) is 1.83. The maximum absolute atomic E-state index is 13.1. The number of thiophene rings is 1. The van der Waals surface area contributed by atoms with Gasteiger partial charge in [0.05, 0.1) is 12.5 Å². The molecule has 3 nitrogen and oxygen atoms in total. The average Bonchev–Trinajstić information content (AvgIpc) is 2.92. The Balaban J connectivity index is 2.04. The lowest BCUT2D eigenvalue weighted by molar-refractivity contribution is -0.137. The number of hydrogen-bond acceptors (Lipinski definition) is 3. The lowest BCUT2D eigenvalue weighted by atomic mass is 10.1. The highest BCUT2D eigenvalue weighted by Gasteiger charge is 2.16. The molecule has 0 bridgehead atoms. The Morgan fingerprint density at radius 3 is 2.70 bits per heavy atom. The van der Waals surface area contributed by atoms with Crippen molar-refractivity contribution in [1.29, 1.82) is 0 Å². The second kappa shape index (κ2) is 6.58. The van der Waals surface area contributed by atoms with Crippen LogP contribution >= 0.6 is 11.3 Å². The van der Waals surface area contributed by atoms with Gasteiger partial charge in [-0.15, -0.1) is 11.3 Å². The Hall–Kier alpha value is -1.79. The largest absolute Gasteiger partial charge is 0.481 e. The van der Waals surface area contributed by atoms with Crippen LogP contribution in [-0.2, 0) is 11.3 Å². The third kappa shape index (κ3) is 3.85. The first-order chi connectivity index (χ1) is 9.56. The van der Waals surface area contributed by atoms with Crippen molar-refractivity contribution in [2.24, 2.45) is 0 Å². The molecule has 0 fully saturated rings. The molecule has 1 aromatic carbocycles. The van der Waals surface area contributed by atoms with Gasteiger partial charge in [-0.05, 0) is 29.1 Å². The molecule has 1 heterocycles. The third-order valence-corrected chi connectivity index (χ3v) is 3.79. The maximum Gasteiger partial charge on any atom is 0.305 e. The van der Waals surface area contributed by atoms with Gasteiger partial charge in [0.15, 0.2) is 11.6 Å². The summed E-state index contributed by atoms with van der Waals surface area (Å²) in [5.41, 5.74) is 0.566. The van der Waals surface area contributed by atoms with Crippen molar-refractivity contribution in [3.8, 4) is 0 Å². The number of nitrogens with one attached hydrogen (secondary N) is 1. The van der Waals surface area contributed by atoms with Crippen molar-refractivity contribution in [2.45, 2.75) is 19.0 Å². The number of carboxylic acid groups (broad SMARTS) is 1. The highest BCUT2D eigenvalue weighted by molar-refractivity contribution is 7.10. The van der Waals surface area contributed by atoms with Gasteiger partial charge in [0, 0.05) is 11.4 Å². The lowest BCUT2D eigenvalue weighted by Gasteiger charge is -2.15. The van der Waals surface area contributed by atoms with Crippen LogP contribution in [-0.4, -0.2) is 11.1 Å².